The minimum Gasteiger partial charge on any atom is -0.379 e. The van der Waals surface area contributed by atoms with E-state index >= 15 is 0 Å². The summed E-state index contributed by atoms with van der Waals surface area (Å²) in [4.78, 5) is 42.9. The summed E-state index contributed by atoms with van der Waals surface area (Å²) in [6.45, 7) is 0.991. The van der Waals surface area contributed by atoms with Crippen LogP contribution in [-0.4, -0.2) is 39.7 Å². The van der Waals surface area contributed by atoms with E-state index < -0.39 is 11.2 Å². The fourth-order valence-electron chi connectivity index (χ4n) is 3.75. The van der Waals surface area contributed by atoms with Crippen molar-refractivity contribution in [1.29, 1.82) is 0 Å². The first-order chi connectivity index (χ1) is 14.0. The van der Waals surface area contributed by atoms with Crippen molar-refractivity contribution >= 4 is 16.8 Å². The third-order valence-electron chi connectivity index (χ3n) is 5.37. The number of nitrogens with one attached hydrogen (secondary N) is 2. The molecule has 2 N–H and O–H groups in total. The summed E-state index contributed by atoms with van der Waals surface area (Å²) in [6, 6.07) is 9.84. The molecule has 1 fully saturated rings. The Hall–Kier alpha value is -3.26. The molecule has 0 aliphatic carbocycles. The average Bonchev–Trinajstić information content (AvgIpc) is 3.15. The molecule has 1 aliphatic rings. The Kier molecular flexibility index (Phi) is 5.26. The molecule has 0 saturated carbocycles. The Morgan fingerprint density at radius 1 is 1.24 bits per heavy atom. The summed E-state index contributed by atoms with van der Waals surface area (Å²) < 4.78 is 6.58. The molecule has 0 radical (unpaired) electrons. The van der Waals surface area contributed by atoms with Crippen LogP contribution in [-0.2, 0) is 29.4 Å². The predicted molar refractivity (Wildman–Crippen MR) is 108 cm³/mol. The van der Waals surface area contributed by atoms with Crippen LogP contribution in [0.4, 0.5) is 0 Å². The third-order valence-corrected chi connectivity index (χ3v) is 5.37. The van der Waals surface area contributed by atoms with Gasteiger partial charge in [-0.2, -0.15) is 0 Å². The summed E-state index contributed by atoms with van der Waals surface area (Å²) in [5.41, 5.74) is 1.39. The highest BCUT2D eigenvalue weighted by Crippen LogP contribution is 2.24. The summed E-state index contributed by atoms with van der Waals surface area (Å²) in [5.74, 6) is -0.141. The summed E-state index contributed by atoms with van der Waals surface area (Å²) in [5, 5.41) is 4.09. The monoisotopic (exact) mass is 394 g/mol. The van der Waals surface area contributed by atoms with Gasteiger partial charge in [0.25, 0.3) is 5.56 Å². The Balaban J connectivity index is 1.46. The van der Waals surface area contributed by atoms with Crippen molar-refractivity contribution in [3.8, 4) is 0 Å². The van der Waals surface area contributed by atoms with E-state index in [-0.39, 0.29) is 29.9 Å². The maximum Gasteiger partial charge on any atom is 0.328 e. The lowest BCUT2D eigenvalue weighted by Gasteiger charge is -2.20. The van der Waals surface area contributed by atoms with Crippen LogP contribution in [0.1, 0.15) is 11.1 Å². The molecule has 3 heterocycles. The van der Waals surface area contributed by atoms with E-state index in [9.17, 15) is 14.4 Å². The first-order valence-electron chi connectivity index (χ1n) is 9.50. The first kappa shape index (κ1) is 19.1. The molecule has 1 aliphatic heterocycles. The Bertz CT molecular complexity index is 1160. The topological polar surface area (TPSA) is 106 Å². The number of aromatic amines is 1. The molecule has 0 unspecified atom stereocenters. The van der Waals surface area contributed by atoms with Crippen LogP contribution in [0.5, 0.6) is 0 Å². The molecular weight excluding hydrogens is 372 g/mol. The van der Waals surface area contributed by atoms with Gasteiger partial charge in [0, 0.05) is 36.3 Å². The van der Waals surface area contributed by atoms with Gasteiger partial charge in [-0.25, -0.2) is 4.79 Å². The normalized spacial score (nSPS) is 18.8. The number of para-hydroxylation sites is 1. The molecule has 3 aromatic rings. The lowest BCUT2D eigenvalue weighted by molar-refractivity contribution is -0.121. The number of nitrogens with zero attached hydrogens (tertiary/aromatic N) is 2. The number of hydrogen-bond acceptors (Lipinski definition) is 5. The van der Waals surface area contributed by atoms with Crippen molar-refractivity contribution in [2.75, 3.05) is 13.2 Å². The number of benzene rings is 1. The molecule has 1 amide bonds. The van der Waals surface area contributed by atoms with E-state index in [1.165, 1.54) is 18.8 Å². The molecule has 2 atom stereocenters. The quantitative estimate of drug-likeness (QED) is 0.657. The number of hydrogen-bond donors (Lipinski definition) is 2. The van der Waals surface area contributed by atoms with Crippen LogP contribution in [0, 0.1) is 5.92 Å². The number of aromatic nitrogens is 3. The number of carbonyl (C=O) groups excluding carboxylic acids is 1. The van der Waals surface area contributed by atoms with Crippen molar-refractivity contribution in [2.24, 2.45) is 13.0 Å². The Morgan fingerprint density at radius 2 is 2.07 bits per heavy atom. The molecule has 0 spiro atoms. The number of fused-ring (bicyclic) bond motifs is 1. The SMILES string of the molecule is Cn1c(=O)[nH]cc(CC(=O)N[C@@H]2COC[C@H]2Cc2ccnc3ccccc23)c1=O. The number of H-pyrrole nitrogens is 1. The zero-order valence-electron chi connectivity index (χ0n) is 16.1. The molecule has 8 nitrogen and oxygen atoms in total. The Labute approximate surface area is 166 Å². The van der Waals surface area contributed by atoms with Gasteiger partial charge in [0.05, 0.1) is 31.2 Å². The molecule has 2 aromatic heterocycles. The van der Waals surface area contributed by atoms with Crippen LogP contribution < -0.4 is 16.6 Å². The van der Waals surface area contributed by atoms with Gasteiger partial charge in [-0.05, 0) is 24.1 Å². The number of amides is 1. The average molecular weight is 394 g/mol. The second-order valence-corrected chi connectivity index (χ2v) is 7.32. The minimum atomic E-state index is -0.506. The van der Waals surface area contributed by atoms with E-state index in [0.29, 0.717) is 13.2 Å². The molecule has 0 bridgehead atoms. The van der Waals surface area contributed by atoms with Gasteiger partial charge in [0.1, 0.15) is 0 Å². The van der Waals surface area contributed by atoms with Gasteiger partial charge < -0.3 is 15.0 Å². The first-order valence-corrected chi connectivity index (χ1v) is 9.50. The van der Waals surface area contributed by atoms with E-state index in [1.807, 2.05) is 30.3 Å². The molecular formula is C21H22N4O4. The standard InChI is InChI=1S/C21H22N4O4/c1-25-20(27)14(10-23-21(25)28)9-19(26)24-18-12-29-11-15(18)8-13-6-7-22-17-5-3-2-4-16(13)17/h2-7,10,15,18H,8-9,11-12H2,1H3,(H,23,28)(H,24,26)/t15-,18-/m1/s1. The highest BCUT2D eigenvalue weighted by atomic mass is 16.5. The molecule has 4 rings (SSSR count). The number of pyridine rings is 1. The van der Waals surface area contributed by atoms with E-state index in [4.69, 9.17) is 4.74 Å². The van der Waals surface area contributed by atoms with E-state index in [0.717, 1.165) is 21.9 Å². The summed E-state index contributed by atoms with van der Waals surface area (Å²) in [6.07, 6.45) is 3.77. The maximum atomic E-state index is 12.5. The lowest BCUT2D eigenvalue weighted by Crippen LogP contribution is -2.43. The van der Waals surface area contributed by atoms with Crippen molar-refractivity contribution in [3.63, 3.8) is 0 Å². The van der Waals surface area contributed by atoms with Crippen molar-refractivity contribution in [1.82, 2.24) is 19.9 Å². The van der Waals surface area contributed by atoms with Crippen LogP contribution in [0.3, 0.4) is 0 Å². The summed E-state index contributed by atoms with van der Waals surface area (Å²) in [7, 11) is 1.38. The lowest BCUT2D eigenvalue weighted by atomic mass is 9.93. The van der Waals surface area contributed by atoms with Crippen molar-refractivity contribution in [3.05, 3.63) is 74.7 Å². The van der Waals surface area contributed by atoms with Gasteiger partial charge in [0.15, 0.2) is 0 Å². The van der Waals surface area contributed by atoms with Gasteiger partial charge in [-0.1, -0.05) is 18.2 Å². The number of carbonyl (C=O) groups is 1. The molecule has 8 heteroatoms. The van der Waals surface area contributed by atoms with Crippen LogP contribution in [0.15, 0.2) is 52.3 Å². The fraction of sp³-hybridized carbons (Fsp3) is 0.333. The highest BCUT2D eigenvalue weighted by Gasteiger charge is 2.30. The number of ether oxygens (including phenoxy) is 1. The molecule has 150 valence electrons. The number of rotatable bonds is 5. The molecule has 1 saturated heterocycles. The second kappa shape index (κ2) is 8.00. The van der Waals surface area contributed by atoms with Crippen LogP contribution >= 0.6 is 0 Å². The van der Waals surface area contributed by atoms with Gasteiger partial charge >= 0.3 is 5.69 Å². The van der Waals surface area contributed by atoms with Gasteiger partial charge in [0.2, 0.25) is 5.91 Å². The van der Waals surface area contributed by atoms with E-state index in [1.54, 1.807) is 6.20 Å². The van der Waals surface area contributed by atoms with E-state index in [2.05, 4.69) is 15.3 Å². The zero-order chi connectivity index (χ0) is 20.4. The minimum absolute atomic E-state index is 0.0924. The molecule has 29 heavy (non-hydrogen) atoms. The fourth-order valence-corrected chi connectivity index (χ4v) is 3.75. The smallest absolute Gasteiger partial charge is 0.328 e. The predicted octanol–water partition coefficient (Wildman–Crippen LogP) is 0.538. The van der Waals surface area contributed by atoms with Crippen LogP contribution in [0.25, 0.3) is 10.9 Å². The largest absolute Gasteiger partial charge is 0.379 e. The van der Waals surface area contributed by atoms with Gasteiger partial charge in [-0.3, -0.25) is 19.1 Å². The second-order valence-electron chi connectivity index (χ2n) is 7.32. The maximum absolute atomic E-state index is 12.5. The Morgan fingerprint density at radius 3 is 2.93 bits per heavy atom. The van der Waals surface area contributed by atoms with Crippen molar-refractivity contribution in [2.45, 2.75) is 18.9 Å². The highest BCUT2D eigenvalue weighted by molar-refractivity contribution is 5.82. The van der Waals surface area contributed by atoms with Crippen molar-refractivity contribution < 1.29 is 9.53 Å². The summed E-state index contributed by atoms with van der Waals surface area (Å²) >= 11 is 0. The van der Waals surface area contributed by atoms with Gasteiger partial charge in [-0.15, -0.1) is 0 Å². The third kappa shape index (κ3) is 3.97. The van der Waals surface area contributed by atoms with Crippen LogP contribution in [0.2, 0.25) is 0 Å². The zero-order valence-corrected chi connectivity index (χ0v) is 16.1. The molecule has 1 aromatic carbocycles.